The number of aryl methyl sites for hydroxylation is 1. The van der Waals surface area contributed by atoms with Crippen molar-refractivity contribution in [1.29, 1.82) is 0 Å². The Balaban J connectivity index is 2.08. The van der Waals surface area contributed by atoms with Crippen molar-refractivity contribution in [3.05, 3.63) is 17.5 Å². The first-order valence-electron chi connectivity index (χ1n) is 5.41. The zero-order chi connectivity index (χ0) is 12.4. The van der Waals surface area contributed by atoms with Crippen LogP contribution in [0.5, 0.6) is 0 Å². The monoisotopic (exact) mass is 237 g/mol. The minimum absolute atomic E-state index is 0.0435. The van der Waals surface area contributed by atoms with Crippen molar-refractivity contribution in [3.63, 3.8) is 0 Å². The number of nitrogens with zero attached hydrogens (tertiary/aromatic N) is 2. The number of amides is 1. The minimum atomic E-state index is -0.401. The number of carbonyl (C=O) groups is 1. The Morgan fingerprint density at radius 1 is 1.76 bits per heavy atom. The van der Waals surface area contributed by atoms with Gasteiger partial charge in [-0.05, 0) is 25.7 Å². The van der Waals surface area contributed by atoms with Crippen LogP contribution in [-0.4, -0.2) is 33.2 Å². The molecule has 0 bridgehead atoms. The fourth-order valence-corrected chi connectivity index (χ4v) is 1.72. The molecule has 0 aliphatic heterocycles. The van der Waals surface area contributed by atoms with E-state index in [-0.39, 0.29) is 17.7 Å². The van der Waals surface area contributed by atoms with E-state index < -0.39 is 6.04 Å². The highest BCUT2D eigenvalue weighted by Gasteiger charge is 2.35. The smallest absolute Gasteiger partial charge is 0.255 e. The molecule has 17 heavy (non-hydrogen) atoms. The van der Waals surface area contributed by atoms with Crippen LogP contribution in [-0.2, 0) is 0 Å². The number of nitrogens with two attached hydrogens (primary N) is 1. The van der Waals surface area contributed by atoms with Crippen molar-refractivity contribution >= 4 is 11.7 Å². The van der Waals surface area contributed by atoms with Crippen molar-refractivity contribution < 1.29 is 10.0 Å². The van der Waals surface area contributed by atoms with E-state index in [1.165, 1.54) is 6.20 Å². The zero-order valence-electron chi connectivity index (χ0n) is 9.47. The van der Waals surface area contributed by atoms with Crippen molar-refractivity contribution in [2.45, 2.75) is 25.8 Å². The SMILES string of the molecule is Cc1[nH]ncc1C(=O)NC(C(N)=NO)C1CC1. The Morgan fingerprint density at radius 2 is 2.47 bits per heavy atom. The van der Waals surface area contributed by atoms with E-state index in [2.05, 4.69) is 20.7 Å². The Kier molecular flexibility index (Phi) is 2.99. The standard InChI is InChI=1S/C10H15N5O2/c1-5-7(4-12-14-5)10(16)13-8(6-2-3-6)9(11)15-17/h4,6,8,17H,2-3H2,1H3,(H2,11,15)(H,12,14)(H,13,16). The first kappa shape index (κ1) is 11.4. The van der Waals surface area contributed by atoms with Gasteiger partial charge in [0.2, 0.25) is 0 Å². The molecule has 1 aromatic heterocycles. The summed E-state index contributed by atoms with van der Waals surface area (Å²) < 4.78 is 0. The number of oxime groups is 1. The molecule has 1 aromatic rings. The van der Waals surface area contributed by atoms with Crippen molar-refractivity contribution in [3.8, 4) is 0 Å². The van der Waals surface area contributed by atoms with E-state index in [1.54, 1.807) is 6.92 Å². The van der Waals surface area contributed by atoms with Crippen LogP contribution in [0.15, 0.2) is 11.4 Å². The lowest BCUT2D eigenvalue weighted by atomic mass is 10.1. The molecule has 0 spiro atoms. The van der Waals surface area contributed by atoms with Crippen LogP contribution < -0.4 is 11.1 Å². The van der Waals surface area contributed by atoms with Gasteiger partial charge in [-0.3, -0.25) is 9.89 Å². The quantitative estimate of drug-likeness (QED) is 0.255. The largest absolute Gasteiger partial charge is 0.409 e. The summed E-state index contributed by atoms with van der Waals surface area (Å²) in [6.07, 6.45) is 3.41. The third-order valence-electron chi connectivity index (χ3n) is 2.89. The summed E-state index contributed by atoms with van der Waals surface area (Å²) in [5.74, 6) is 0.0452. The summed E-state index contributed by atoms with van der Waals surface area (Å²) in [4.78, 5) is 11.9. The lowest BCUT2D eigenvalue weighted by molar-refractivity contribution is 0.0942. The van der Waals surface area contributed by atoms with Crippen LogP contribution in [0.25, 0.3) is 0 Å². The van der Waals surface area contributed by atoms with Gasteiger partial charge in [0.05, 0.1) is 17.8 Å². The summed E-state index contributed by atoms with van der Waals surface area (Å²) in [5, 5.41) is 20.9. The Bertz CT molecular complexity index is 449. The van der Waals surface area contributed by atoms with E-state index in [1.807, 2.05) is 0 Å². The number of aromatic nitrogens is 2. The van der Waals surface area contributed by atoms with Crippen LogP contribution >= 0.6 is 0 Å². The van der Waals surface area contributed by atoms with Crippen LogP contribution in [0.3, 0.4) is 0 Å². The second-order valence-corrected chi connectivity index (χ2v) is 4.22. The topological polar surface area (TPSA) is 116 Å². The summed E-state index contributed by atoms with van der Waals surface area (Å²) in [7, 11) is 0. The molecular formula is C10H15N5O2. The Hall–Kier alpha value is -2.05. The number of carbonyl (C=O) groups excluding carboxylic acids is 1. The van der Waals surface area contributed by atoms with Gasteiger partial charge in [0.1, 0.15) is 0 Å². The van der Waals surface area contributed by atoms with Gasteiger partial charge in [-0.25, -0.2) is 0 Å². The van der Waals surface area contributed by atoms with Crippen molar-refractivity contribution in [2.75, 3.05) is 0 Å². The molecule has 1 amide bonds. The molecule has 0 aromatic carbocycles. The lowest BCUT2D eigenvalue weighted by Crippen LogP contribution is -2.46. The summed E-state index contributed by atoms with van der Waals surface area (Å²) in [6.45, 7) is 1.76. The third-order valence-corrected chi connectivity index (χ3v) is 2.89. The molecular weight excluding hydrogens is 222 g/mol. The first-order valence-corrected chi connectivity index (χ1v) is 5.41. The highest BCUT2D eigenvalue weighted by molar-refractivity contribution is 5.99. The summed E-state index contributed by atoms with van der Waals surface area (Å²) in [5.41, 5.74) is 6.72. The maximum atomic E-state index is 11.9. The van der Waals surface area contributed by atoms with Gasteiger partial charge in [-0.1, -0.05) is 5.16 Å². The van der Waals surface area contributed by atoms with E-state index in [0.29, 0.717) is 11.3 Å². The Morgan fingerprint density at radius 3 is 2.94 bits per heavy atom. The Labute approximate surface area is 98.1 Å². The number of hydrogen-bond acceptors (Lipinski definition) is 4. The number of rotatable bonds is 4. The second-order valence-electron chi connectivity index (χ2n) is 4.22. The molecule has 1 aliphatic carbocycles. The van der Waals surface area contributed by atoms with Crippen LogP contribution in [0, 0.1) is 12.8 Å². The van der Waals surface area contributed by atoms with Crippen molar-refractivity contribution in [1.82, 2.24) is 15.5 Å². The first-order chi connectivity index (χ1) is 8.13. The number of amidine groups is 1. The normalized spacial score (nSPS) is 17.8. The highest BCUT2D eigenvalue weighted by Crippen LogP contribution is 2.32. The molecule has 1 heterocycles. The molecule has 7 nitrogen and oxygen atoms in total. The molecule has 92 valence electrons. The molecule has 1 fully saturated rings. The highest BCUT2D eigenvalue weighted by atomic mass is 16.4. The molecule has 5 N–H and O–H groups in total. The molecule has 1 atom stereocenters. The van der Waals surface area contributed by atoms with Crippen LogP contribution in [0.1, 0.15) is 28.9 Å². The predicted molar refractivity (Wildman–Crippen MR) is 60.7 cm³/mol. The molecule has 7 heteroatoms. The number of aromatic amines is 1. The second kappa shape index (κ2) is 4.44. The van der Waals surface area contributed by atoms with Crippen molar-refractivity contribution in [2.24, 2.45) is 16.8 Å². The summed E-state index contributed by atoms with van der Waals surface area (Å²) >= 11 is 0. The average molecular weight is 237 g/mol. The zero-order valence-corrected chi connectivity index (χ0v) is 9.47. The van der Waals surface area contributed by atoms with E-state index >= 15 is 0 Å². The van der Waals surface area contributed by atoms with Gasteiger partial charge in [0.25, 0.3) is 5.91 Å². The molecule has 0 saturated heterocycles. The number of nitrogens with one attached hydrogen (secondary N) is 2. The molecule has 2 rings (SSSR count). The molecule has 1 saturated carbocycles. The number of hydrogen-bond donors (Lipinski definition) is 4. The van der Waals surface area contributed by atoms with Gasteiger partial charge in [0, 0.05) is 5.69 Å². The molecule has 0 radical (unpaired) electrons. The third kappa shape index (κ3) is 2.38. The van der Waals surface area contributed by atoms with Gasteiger partial charge >= 0.3 is 0 Å². The van der Waals surface area contributed by atoms with E-state index in [9.17, 15) is 4.79 Å². The average Bonchev–Trinajstić information content (AvgIpc) is 3.07. The minimum Gasteiger partial charge on any atom is -0.409 e. The van der Waals surface area contributed by atoms with Gasteiger partial charge in [0.15, 0.2) is 5.84 Å². The fourth-order valence-electron chi connectivity index (χ4n) is 1.72. The van der Waals surface area contributed by atoms with E-state index in [4.69, 9.17) is 10.9 Å². The van der Waals surface area contributed by atoms with Gasteiger partial charge < -0.3 is 16.3 Å². The fraction of sp³-hybridized carbons (Fsp3) is 0.500. The van der Waals surface area contributed by atoms with Gasteiger partial charge in [-0.2, -0.15) is 5.10 Å². The molecule has 1 aliphatic rings. The maximum Gasteiger partial charge on any atom is 0.255 e. The summed E-state index contributed by atoms with van der Waals surface area (Å²) in [6, 6.07) is -0.401. The predicted octanol–water partition coefficient (Wildman–Crippen LogP) is -0.0271. The number of H-pyrrole nitrogens is 1. The van der Waals surface area contributed by atoms with Crippen LogP contribution in [0.4, 0.5) is 0 Å². The van der Waals surface area contributed by atoms with Gasteiger partial charge in [-0.15, -0.1) is 0 Å². The van der Waals surface area contributed by atoms with E-state index in [0.717, 1.165) is 12.8 Å². The van der Waals surface area contributed by atoms with Crippen LogP contribution in [0.2, 0.25) is 0 Å². The lowest BCUT2D eigenvalue weighted by Gasteiger charge is -2.16. The maximum absolute atomic E-state index is 11.9. The molecule has 1 unspecified atom stereocenters.